The van der Waals surface area contributed by atoms with Crippen LogP contribution in [0.2, 0.25) is 0 Å². The van der Waals surface area contributed by atoms with Gasteiger partial charge in [-0.1, -0.05) is 27.7 Å². The first-order valence-electron chi connectivity index (χ1n) is 7.27. The van der Waals surface area contributed by atoms with Crippen LogP contribution in [0.3, 0.4) is 0 Å². The molecule has 124 valence electrons. The lowest BCUT2D eigenvalue weighted by Crippen LogP contribution is -2.19. The number of aromatic nitrogens is 3. The second-order valence-corrected chi connectivity index (χ2v) is 7.15. The predicted molar refractivity (Wildman–Crippen MR) is 88.0 cm³/mol. The van der Waals surface area contributed by atoms with E-state index in [2.05, 4.69) is 36.2 Å². The Morgan fingerprint density at radius 3 is 2.57 bits per heavy atom. The summed E-state index contributed by atoms with van der Waals surface area (Å²) in [5.41, 5.74) is 0.880. The van der Waals surface area contributed by atoms with Gasteiger partial charge in [0.05, 0.1) is 5.69 Å². The first kappa shape index (κ1) is 17.1. The Balaban J connectivity index is 2.08. The number of amides is 1. The molecule has 0 saturated heterocycles. The van der Waals surface area contributed by atoms with Crippen molar-refractivity contribution in [3.8, 4) is 0 Å². The standard InChI is InChI=1S/C15H20N4O3S/c1-5-9-12(15(2,3)4)23-14(16-9)17-11(20)8-19-7-6-10(18-19)13(21)22/h6-7H,5,8H2,1-4H3,(H,21,22)(H,16,17,20). The molecule has 0 saturated carbocycles. The summed E-state index contributed by atoms with van der Waals surface area (Å²) in [6.07, 6.45) is 2.27. The molecule has 2 aromatic heterocycles. The molecule has 8 heteroatoms. The monoisotopic (exact) mass is 336 g/mol. The van der Waals surface area contributed by atoms with E-state index >= 15 is 0 Å². The summed E-state index contributed by atoms with van der Waals surface area (Å²) in [6, 6.07) is 1.35. The summed E-state index contributed by atoms with van der Waals surface area (Å²) in [7, 11) is 0. The van der Waals surface area contributed by atoms with Crippen molar-refractivity contribution in [2.75, 3.05) is 5.32 Å². The number of aryl methyl sites for hydroxylation is 1. The molecule has 0 aliphatic carbocycles. The van der Waals surface area contributed by atoms with Gasteiger partial charge in [0.15, 0.2) is 10.8 Å². The van der Waals surface area contributed by atoms with Gasteiger partial charge in [0.25, 0.3) is 0 Å². The lowest BCUT2D eigenvalue weighted by molar-refractivity contribution is -0.116. The van der Waals surface area contributed by atoms with Crippen LogP contribution >= 0.6 is 11.3 Å². The highest BCUT2D eigenvalue weighted by molar-refractivity contribution is 7.16. The molecule has 2 N–H and O–H groups in total. The van der Waals surface area contributed by atoms with Gasteiger partial charge >= 0.3 is 5.97 Å². The van der Waals surface area contributed by atoms with E-state index in [1.165, 1.54) is 28.3 Å². The first-order chi connectivity index (χ1) is 10.7. The number of rotatable bonds is 5. The third-order valence-corrected chi connectivity index (χ3v) is 4.56. The summed E-state index contributed by atoms with van der Waals surface area (Å²) in [6.45, 7) is 8.32. The van der Waals surface area contributed by atoms with Gasteiger partial charge in [-0.15, -0.1) is 11.3 Å². The van der Waals surface area contributed by atoms with Crippen molar-refractivity contribution >= 4 is 28.3 Å². The maximum absolute atomic E-state index is 12.1. The Kier molecular flexibility index (Phi) is 4.84. The zero-order chi connectivity index (χ0) is 17.2. The Hall–Kier alpha value is -2.22. The fraction of sp³-hybridized carbons (Fsp3) is 0.467. The smallest absolute Gasteiger partial charge is 0.356 e. The number of nitrogens with zero attached hydrogens (tertiary/aromatic N) is 3. The zero-order valence-electron chi connectivity index (χ0n) is 13.6. The van der Waals surface area contributed by atoms with Crippen LogP contribution < -0.4 is 5.32 Å². The quantitative estimate of drug-likeness (QED) is 0.874. The largest absolute Gasteiger partial charge is 0.476 e. The molecule has 2 aromatic rings. The van der Waals surface area contributed by atoms with Gasteiger partial charge in [0.2, 0.25) is 5.91 Å². The molecule has 0 aromatic carbocycles. The molecular weight excluding hydrogens is 316 g/mol. The lowest BCUT2D eigenvalue weighted by atomic mass is 9.93. The van der Waals surface area contributed by atoms with Crippen molar-refractivity contribution in [3.63, 3.8) is 0 Å². The lowest BCUT2D eigenvalue weighted by Gasteiger charge is -2.16. The Morgan fingerprint density at radius 1 is 1.39 bits per heavy atom. The molecular formula is C15H20N4O3S. The van der Waals surface area contributed by atoms with Gasteiger partial charge in [0, 0.05) is 11.1 Å². The summed E-state index contributed by atoms with van der Waals surface area (Å²) in [5, 5.41) is 15.9. The molecule has 0 fully saturated rings. The van der Waals surface area contributed by atoms with Crippen LogP contribution in [0, 0.1) is 0 Å². The van der Waals surface area contributed by atoms with Crippen LogP contribution in [0.25, 0.3) is 0 Å². The molecule has 23 heavy (non-hydrogen) atoms. The third kappa shape index (κ3) is 4.16. The highest BCUT2D eigenvalue weighted by Gasteiger charge is 2.22. The molecule has 2 rings (SSSR count). The van der Waals surface area contributed by atoms with E-state index in [1.54, 1.807) is 0 Å². The highest BCUT2D eigenvalue weighted by Crippen LogP contribution is 2.34. The van der Waals surface area contributed by atoms with Crippen LogP contribution in [0.4, 0.5) is 5.13 Å². The summed E-state index contributed by atoms with van der Waals surface area (Å²) >= 11 is 1.47. The van der Waals surface area contributed by atoms with Gasteiger partial charge < -0.3 is 10.4 Å². The number of aromatic carboxylic acids is 1. The summed E-state index contributed by atoms with van der Waals surface area (Å²) in [4.78, 5) is 28.5. The topological polar surface area (TPSA) is 97.1 Å². The molecule has 2 heterocycles. The number of anilines is 1. The van der Waals surface area contributed by atoms with E-state index in [4.69, 9.17) is 5.11 Å². The average Bonchev–Trinajstić information content (AvgIpc) is 3.04. The normalized spacial score (nSPS) is 11.5. The highest BCUT2D eigenvalue weighted by atomic mass is 32.1. The van der Waals surface area contributed by atoms with E-state index in [-0.39, 0.29) is 23.6 Å². The third-order valence-electron chi connectivity index (χ3n) is 3.13. The number of carboxylic acid groups (broad SMARTS) is 1. The van der Waals surface area contributed by atoms with Crippen molar-refractivity contribution in [1.82, 2.24) is 14.8 Å². The zero-order valence-corrected chi connectivity index (χ0v) is 14.4. The van der Waals surface area contributed by atoms with Crippen molar-refractivity contribution in [1.29, 1.82) is 0 Å². The fourth-order valence-electron chi connectivity index (χ4n) is 2.10. The molecule has 0 unspecified atom stereocenters. The second kappa shape index (κ2) is 6.49. The molecule has 1 amide bonds. The Morgan fingerprint density at radius 2 is 2.09 bits per heavy atom. The van der Waals surface area contributed by atoms with Crippen molar-refractivity contribution in [3.05, 3.63) is 28.5 Å². The maximum Gasteiger partial charge on any atom is 0.356 e. The fourth-order valence-corrected chi connectivity index (χ4v) is 3.23. The second-order valence-electron chi connectivity index (χ2n) is 6.15. The van der Waals surface area contributed by atoms with E-state index in [0.717, 1.165) is 17.0 Å². The predicted octanol–water partition coefficient (Wildman–Crippen LogP) is 2.54. The molecule has 0 aliphatic rings. The average molecular weight is 336 g/mol. The van der Waals surface area contributed by atoms with Crippen LogP contribution in [-0.2, 0) is 23.2 Å². The first-order valence-corrected chi connectivity index (χ1v) is 8.09. The minimum Gasteiger partial charge on any atom is -0.476 e. The van der Waals surface area contributed by atoms with Gasteiger partial charge in [-0.25, -0.2) is 9.78 Å². The minimum absolute atomic E-state index is 0.0235. The molecule has 0 radical (unpaired) electrons. The molecule has 0 bridgehead atoms. The number of hydrogen-bond donors (Lipinski definition) is 2. The van der Waals surface area contributed by atoms with Gasteiger partial charge in [-0.05, 0) is 17.9 Å². The summed E-state index contributed by atoms with van der Waals surface area (Å²) in [5.74, 6) is -1.41. The summed E-state index contributed by atoms with van der Waals surface area (Å²) < 4.78 is 1.29. The molecule has 0 atom stereocenters. The van der Waals surface area contributed by atoms with Crippen LogP contribution in [0.15, 0.2) is 12.3 Å². The van der Waals surface area contributed by atoms with Crippen molar-refractivity contribution in [2.24, 2.45) is 0 Å². The van der Waals surface area contributed by atoms with E-state index in [1.807, 2.05) is 6.92 Å². The van der Waals surface area contributed by atoms with E-state index in [9.17, 15) is 9.59 Å². The number of carboxylic acids is 1. The van der Waals surface area contributed by atoms with Crippen LogP contribution in [0.1, 0.15) is 48.8 Å². The van der Waals surface area contributed by atoms with Crippen LogP contribution in [-0.4, -0.2) is 31.7 Å². The van der Waals surface area contributed by atoms with Crippen molar-refractivity contribution in [2.45, 2.75) is 46.1 Å². The number of thiazole rings is 1. The van der Waals surface area contributed by atoms with Gasteiger partial charge in [0.1, 0.15) is 6.54 Å². The molecule has 0 aliphatic heterocycles. The SMILES string of the molecule is CCc1nc(NC(=O)Cn2ccc(C(=O)O)n2)sc1C(C)(C)C. The number of nitrogens with one attached hydrogen (secondary N) is 1. The Labute approximate surface area is 138 Å². The minimum atomic E-state index is -1.12. The molecule has 7 nitrogen and oxygen atoms in total. The number of carbonyl (C=O) groups is 2. The van der Waals surface area contributed by atoms with E-state index < -0.39 is 5.97 Å². The number of hydrogen-bond acceptors (Lipinski definition) is 5. The maximum atomic E-state index is 12.1. The Bertz CT molecular complexity index is 727. The van der Waals surface area contributed by atoms with Gasteiger partial charge in [-0.2, -0.15) is 5.10 Å². The molecule has 0 spiro atoms. The van der Waals surface area contributed by atoms with E-state index in [0.29, 0.717) is 5.13 Å². The van der Waals surface area contributed by atoms with Crippen LogP contribution in [0.5, 0.6) is 0 Å². The van der Waals surface area contributed by atoms with Crippen molar-refractivity contribution < 1.29 is 14.7 Å². The number of carbonyl (C=O) groups excluding carboxylic acids is 1. The van der Waals surface area contributed by atoms with Gasteiger partial charge in [-0.3, -0.25) is 9.48 Å².